The van der Waals surface area contributed by atoms with Crippen LogP contribution in [0.1, 0.15) is 25.3 Å². The number of carbonyl (C=O) groups excluding carboxylic acids is 3. The van der Waals surface area contributed by atoms with Gasteiger partial charge in [-0.15, -0.1) is 0 Å². The maximum Gasteiger partial charge on any atom is 0.249 e. The molecule has 8 nitrogen and oxygen atoms in total. The molecular formula is C28H35N3O5. The van der Waals surface area contributed by atoms with Gasteiger partial charge in [0, 0.05) is 26.7 Å². The molecule has 0 saturated carbocycles. The molecule has 3 amide bonds. The van der Waals surface area contributed by atoms with Crippen molar-refractivity contribution in [2.75, 3.05) is 33.3 Å². The Morgan fingerprint density at radius 3 is 2.58 bits per heavy atom. The minimum Gasteiger partial charge on any atom is -0.394 e. The summed E-state index contributed by atoms with van der Waals surface area (Å²) >= 11 is 0. The average molecular weight is 494 g/mol. The predicted octanol–water partition coefficient (Wildman–Crippen LogP) is 1.40. The Morgan fingerprint density at radius 2 is 1.86 bits per heavy atom. The number of rotatable bonds is 7. The van der Waals surface area contributed by atoms with Gasteiger partial charge in [0.25, 0.3) is 0 Å². The molecule has 1 N–H and O–H groups in total. The quantitative estimate of drug-likeness (QED) is 0.580. The fraction of sp³-hybridized carbons (Fsp3) is 0.536. The number of amides is 3. The summed E-state index contributed by atoms with van der Waals surface area (Å²) in [5, 5.41) is 10.5. The largest absolute Gasteiger partial charge is 0.394 e. The first kappa shape index (κ1) is 24.7. The zero-order chi connectivity index (χ0) is 25.4. The molecule has 0 aromatic heterocycles. The van der Waals surface area contributed by atoms with Crippen LogP contribution in [0.3, 0.4) is 0 Å². The van der Waals surface area contributed by atoms with E-state index in [-0.39, 0.29) is 24.3 Å². The van der Waals surface area contributed by atoms with Crippen LogP contribution in [0, 0.1) is 11.8 Å². The van der Waals surface area contributed by atoms with Crippen LogP contribution in [0.5, 0.6) is 0 Å². The van der Waals surface area contributed by atoms with Crippen LogP contribution in [0.2, 0.25) is 0 Å². The number of ether oxygens (including phenoxy) is 1. The zero-order valence-electron chi connectivity index (χ0n) is 21.0. The van der Waals surface area contributed by atoms with E-state index < -0.39 is 35.6 Å². The summed E-state index contributed by atoms with van der Waals surface area (Å²) in [5.41, 5.74) is -0.297. The molecule has 4 aliphatic heterocycles. The van der Waals surface area contributed by atoms with Gasteiger partial charge in [-0.2, -0.15) is 0 Å². The van der Waals surface area contributed by atoms with Gasteiger partial charge in [0.05, 0.1) is 30.6 Å². The fourth-order valence-corrected chi connectivity index (χ4v) is 6.33. The first-order valence-electron chi connectivity index (χ1n) is 13.0. The van der Waals surface area contributed by atoms with Gasteiger partial charge in [-0.3, -0.25) is 14.4 Å². The van der Waals surface area contributed by atoms with E-state index in [1.807, 2.05) is 54.6 Å². The summed E-state index contributed by atoms with van der Waals surface area (Å²) in [6.45, 7) is 3.23. The zero-order valence-corrected chi connectivity index (χ0v) is 21.0. The molecule has 1 aromatic carbocycles. The van der Waals surface area contributed by atoms with Gasteiger partial charge in [0.15, 0.2) is 0 Å². The minimum absolute atomic E-state index is 0.155. The molecule has 4 heterocycles. The van der Waals surface area contributed by atoms with Gasteiger partial charge in [-0.25, -0.2) is 0 Å². The summed E-state index contributed by atoms with van der Waals surface area (Å²) in [6.07, 6.45) is 9.12. The number of hydrogen-bond donors (Lipinski definition) is 1. The number of aliphatic hydroxyl groups is 1. The summed E-state index contributed by atoms with van der Waals surface area (Å²) < 4.78 is 6.62. The molecule has 2 saturated heterocycles. The molecule has 192 valence electrons. The lowest BCUT2D eigenvalue weighted by molar-refractivity contribution is -0.151. The van der Waals surface area contributed by atoms with Gasteiger partial charge < -0.3 is 24.5 Å². The van der Waals surface area contributed by atoms with E-state index in [0.29, 0.717) is 26.1 Å². The Hall–Kier alpha value is -2.97. The van der Waals surface area contributed by atoms with Crippen LogP contribution < -0.4 is 0 Å². The molecule has 4 aliphatic rings. The third kappa shape index (κ3) is 3.87. The number of fused-ring (bicyclic) bond motifs is 2. The number of carbonyl (C=O) groups is 3. The number of likely N-dealkylation sites (N-methyl/N-ethyl adjacent to an activating group) is 1. The third-order valence-electron chi connectivity index (χ3n) is 8.08. The molecule has 1 unspecified atom stereocenters. The lowest BCUT2D eigenvalue weighted by Crippen LogP contribution is -2.58. The molecule has 0 bridgehead atoms. The molecule has 1 aromatic rings. The number of benzene rings is 1. The van der Waals surface area contributed by atoms with Crippen LogP contribution in [0.15, 0.2) is 54.6 Å². The highest BCUT2D eigenvalue weighted by molar-refractivity contribution is 6.00. The van der Waals surface area contributed by atoms with E-state index >= 15 is 0 Å². The van der Waals surface area contributed by atoms with Crippen molar-refractivity contribution < 1.29 is 24.2 Å². The Labute approximate surface area is 212 Å². The summed E-state index contributed by atoms with van der Waals surface area (Å²) in [7, 11) is 1.72. The van der Waals surface area contributed by atoms with Crippen molar-refractivity contribution in [1.82, 2.24) is 14.7 Å². The van der Waals surface area contributed by atoms with E-state index in [2.05, 4.69) is 6.92 Å². The smallest absolute Gasteiger partial charge is 0.249 e. The molecule has 8 heteroatoms. The second-order valence-electron chi connectivity index (χ2n) is 10.3. The van der Waals surface area contributed by atoms with Crippen LogP contribution in [-0.4, -0.2) is 94.6 Å². The molecule has 0 aliphatic carbocycles. The lowest BCUT2D eigenvalue weighted by Gasteiger charge is -2.38. The maximum atomic E-state index is 14.3. The summed E-state index contributed by atoms with van der Waals surface area (Å²) in [5.74, 6) is -2.19. The van der Waals surface area contributed by atoms with Crippen LogP contribution in [0.4, 0.5) is 0 Å². The first-order chi connectivity index (χ1) is 17.4. The monoisotopic (exact) mass is 493 g/mol. The maximum absolute atomic E-state index is 14.3. The molecule has 1 spiro atoms. The van der Waals surface area contributed by atoms with E-state index in [9.17, 15) is 19.5 Å². The topological polar surface area (TPSA) is 90.4 Å². The third-order valence-corrected chi connectivity index (χ3v) is 8.08. The Bertz CT molecular complexity index is 1070. The van der Waals surface area contributed by atoms with Crippen molar-refractivity contribution >= 4 is 17.7 Å². The second-order valence-corrected chi connectivity index (χ2v) is 10.3. The van der Waals surface area contributed by atoms with Gasteiger partial charge in [0.1, 0.15) is 11.6 Å². The van der Waals surface area contributed by atoms with Gasteiger partial charge >= 0.3 is 0 Å². The molecule has 5 rings (SSSR count). The molecular weight excluding hydrogens is 458 g/mol. The molecule has 36 heavy (non-hydrogen) atoms. The first-order valence-corrected chi connectivity index (χ1v) is 13.0. The number of hydrogen-bond acceptors (Lipinski definition) is 5. The predicted molar refractivity (Wildman–Crippen MR) is 134 cm³/mol. The molecule has 2 fully saturated rings. The molecule has 0 radical (unpaired) electrons. The number of unbranched alkanes of at least 4 members (excludes halogenated alkanes) is 1. The van der Waals surface area contributed by atoms with Crippen molar-refractivity contribution in [2.24, 2.45) is 11.8 Å². The normalized spacial score (nSPS) is 32.3. The Morgan fingerprint density at radius 1 is 1.08 bits per heavy atom. The van der Waals surface area contributed by atoms with Gasteiger partial charge in [-0.1, -0.05) is 68.0 Å². The minimum atomic E-state index is -1.26. The average Bonchev–Trinajstić information content (AvgIpc) is 3.22. The van der Waals surface area contributed by atoms with Crippen molar-refractivity contribution in [3.8, 4) is 0 Å². The number of aliphatic hydroxyl groups excluding tert-OH is 1. The highest BCUT2D eigenvalue weighted by Gasteiger charge is 2.72. The highest BCUT2D eigenvalue weighted by atomic mass is 16.5. The van der Waals surface area contributed by atoms with E-state index in [4.69, 9.17) is 4.74 Å². The van der Waals surface area contributed by atoms with E-state index in [0.717, 1.165) is 18.4 Å². The van der Waals surface area contributed by atoms with Crippen molar-refractivity contribution in [3.63, 3.8) is 0 Å². The second kappa shape index (κ2) is 9.82. The van der Waals surface area contributed by atoms with Crippen LogP contribution in [-0.2, 0) is 25.5 Å². The SMILES string of the molecule is CCCCN1CC=C[C@]23O[C@@H]4C=CCN(C)C(=O)[C@@H]4[C@H]2C(=O)N([C@@H](CO)Cc2ccccc2)C3C1=O. The molecule has 6 atom stereocenters. The lowest BCUT2D eigenvalue weighted by atomic mass is 9.77. The number of nitrogens with zero attached hydrogens (tertiary/aromatic N) is 3. The summed E-state index contributed by atoms with van der Waals surface area (Å²) in [6, 6.07) is 8.08. The van der Waals surface area contributed by atoms with Gasteiger partial charge in [-0.05, 0) is 18.4 Å². The highest BCUT2D eigenvalue weighted by Crippen LogP contribution is 2.54. The van der Waals surface area contributed by atoms with Crippen LogP contribution in [0.25, 0.3) is 0 Å². The van der Waals surface area contributed by atoms with Crippen molar-refractivity contribution in [3.05, 3.63) is 60.2 Å². The summed E-state index contributed by atoms with van der Waals surface area (Å²) in [4.78, 5) is 46.8. The van der Waals surface area contributed by atoms with Crippen molar-refractivity contribution in [1.29, 1.82) is 0 Å². The number of likely N-dealkylation sites (tertiary alicyclic amines) is 1. The van der Waals surface area contributed by atoms with Crippen molar-refractivity contribution in [2.45, 2.75) is 50.0 Å². The Kier molecular flexibility index (Phi) is 6.74. The van der Waals surface area contributed by atoms with E-state index in [1.54, 1.807) is 21.7 Å². The van der Waals surface area contributed by atoms with E-state index in [1.165, 1.54) is 0 Å². The Balaban J connectivity index is 1.60. The van der Waals surface area contributed by atoms with Crippen LogP contribution >= 0.6 is 0 Å². The van der Waals surface area contributed by atoms with Gasteiger partial charge in [0.2, 0.25) is 17.7 Å². The fourth-order valence-electron chi connectivity index (χ4n) is 6.33. The standard InChI is InChI=1S/C28H35N3O5/c1-3-4-15-30-16-9-13-28-23(22-21(36-28)12-8-14-29(2)25(22)33)26(34)31(24(28)27(30)35)20(18-32)17-19-10-6-5-7-11-19/h5-13,20-24,32H,3-4,14-18H2,1-2H3/t20-,21-,22+,23+,24?,28+/m1/s1.